The molecule has 6 nitrogen and oxygen atoms in total. The van der Waals surface area contributed by atoms with E-state index in [-0.39, 0.29) is 17.0 Å². The fourth-order valence-electron chi connectivity index (χ4n) is 2.40. The molecule has 1 aromatic rings. The molecule has 1 aromatic heterocycles. The summed E-state index contributed by atoms with van der Waals surface area (Å²) >= 11 is 9.28. The van der Waals surface area contributed by atoms with Crippen LogP contribution in [0.1, 0.15) is 23.2 Å². The zero-order chi connectivity index (χ0) is 15.4. The van der Waals surface area contributed by atoms with Gasteiger partial charge < -0.3 is 16.0 Å². The van der Waals surface area contributed by atoms with Gasteiger partial charge in [0.2, 0.25) is 0 Å². The Balaban J connectivity index is 2.05. The fraction of sp³-hybridized carbons (Fsp3) is 0.462. The van der Waals surface area contributed by atoms with E-state index in [1.807, 2.05) is 0 Å². The Hall–Kier alpha value is -1.34. The minimum atomic E-state index is -0.544. The summed E-state index contributed by atoms with van der Waals surface area (Å²) in [5.74, 6) is 0.0617. The first-order valence-electron chi connectivity index (χ1n) is 6.61. The molecule has 2 rings (SSSR count). The Labute approximate surface area is 136 Å². The van der Waals surface area contributed by atoms with Gasteiger partial charge in [-0.15, -0.1) is 0 Å². The lowest BCUT2D eigenvalue weighted by atomic mass is 9.97. The summed E-state index contributed by atoms with van der Waals surface area (Å²) < 4.78 is 0.708. The van der Waals surface area contributed by atoms with Crippen molar-refractivity contribution in [2.45, 2.75) is 12.8 Å². The number of piperidine rings is 1. The topological polar surface area (TPSA) is 88.3 Å². The van der Waals surface area contributed by atoms with Gasteiger partial charge in [-0.2, -0.15) is 0 Å². The van der Waals surface area contributed by atoms with E-state index < -0.39 is 6.03 Å². The van der Waals surface area contributed by atoms with Crippen LogP contribution >= 0.6 is 27.5 Å². The van der Waals surface area contributed by atoms with Crippen molar-refractivity contribution in [3.05, 3.63) is 27.5 Å². The second kappa shape index (κ2) is 7.09. The third kappa shape index (κ3) is 4.31. The van der Waals surface area contributed by atoms with Crippen LogP contribution in [0.2, 0.25) is 5.15 Å². The maximum absolute atomic E-state index is 12.5. The van der Waals surface area contributed by atoms with Crippen LogP contribution in [0.3, 0.4) is 0 Å². The smallest absolute Gasteiger partial charge is 0.312 e. The molecule has 8 heteroatoms. The molecular formula is C13H16BrClN4O2. The van der Waals surface area contributed by atoms with Gasteiger partial charge in [0, 0.05) is 30.3 Å². The number of nitrogens with two attached hydrogens (primary N) is 1. The summed E-state index contributed by atoms with van der Waals surface area (Å²) in [7, 11) is 0. The highest BCUT2D eigenvalue weighted by atomic mass is 79.9. The van der Waals surface area contributed by atoms with Crippen LogP contribution < -0.4 is 11.1 Å². The highest BCUT2D eigenvalue weighted by Crippen LogP contribution is 2.23. The molecule has 114 valence electrons. The van der Waals surface area contributed by atoms with Crippen LogP contribution in [0, 0.1) is 5.92 Å². The van der Waals surface area contributed by atoms with Crippen LogP contribution in [-0.2, 0) is 0 Å². The minimum absolute atomic E-state index is 0.141. The number of primary amides is 1. The Kier molecular flexibility index (Phi) is 5.41. The molecule has 0 bridgehead atoms. The van der Waals surface area contributed by atoms with E-state index in [4.69, 9.17) is 17.3 Å². The second-order valence-corrected chi connectivity index (χ2v) is 6.27. The lowest BCUT2D eigenvalue weighted by Crippen LogP contribution is -2.44. The van der Waals surface area contributed by atoms with Gasteiger partial charge in [-0.25, -0.2) is 9.78 Å². The molecular weight excluding hydrogens is 360 g/mol. The molecule has 3 amide bonds. The van der Waals surface area contributed by atoms with E-state index in [1.165, 1.54) is 0 Å². The van der Waals surface area contributed by atoms with Crippen molar-refractivity contribution in [3.63, 3.8) is 0 Å². The van der Waals surface area contributed by atoms with E-state index in [0.717, 1.165) is 12.8 Å². The molecule has 3 N–H and O–H groups in total. The zero-order valence-electron chi connectivity index (χ0n) is 11.3. The summed E-state index contributed by atoms with van der Waals surface area (Å²) in [6, 6.07) is 1.13. The number of urea groups is 1. The lowest BCUT2D eigenvalue weighted by Gasteiger charge is -2.33. The number of nitrogens with one attached hydrogen (secondary N) is 1. The number of rotatable bonds is 3. The Morgan fingerprint density at radius 2 is 2.33 bits per heavy atom. The molecule has 1 unspecified atom stereocenters. The fourth-order valence-corrected chi connectivity index (χ4v) is 2.92. The average molecular weight is 376 g/mol. The molecule has 1 saturated heterocycles. The van der Waals surface area contributed by atoms with Crippen molar-refractivity contribution >= 4 is 39.5 Å². The van der Waals surface area contributed by atoms with Gasteiger partial charge in [-0.05, 0) is 40.8 Å². The monoisotopic (exact) mass is 374 g/mol. The molecule has 21 heavy (non-hydrogen) atoms. The predicted molar refractivity (Wildman–Crippen MR) is 83.2 cm³/mol. The van der Waals surface area contributed by atoms with E-state index in [0.29, 0.717) is 29.7 Å². The zero-order valence-corrected chi connectivity index (χ0v) is 13.7. The van der Waals surface area contributed by atoms with Crippen LogP contribution in [0.15, 0.2) is 16.7 Å². The summed E-state index contributed by atoms with van der Waals surface area (Å²) in [5.41, 5.74) is 5.45. The number of carbonyl (C=O) groups is 2. The second-order valence-electron chi connectivity index (χ2n) is 5.00. The van der Waals surface area contributed by atoms with Crippen LogP contribution in [0.4, 0.5) is 4.79 Å². The van der Waals surface area contributed by atoms with Gasteiger partial charge in [0.1, 0.15) is 5.15 Å². The maximum Gasteiger partial charge on any atom is 0.312 e. The van der Waals surface area contributed by atoms with Gasteiger partial charge in [0.05, 0.1) is 5.56 Å². The van der Waals surface area contributed by atoms with Crippen molar-refractivity contribution in [2.75, 3.05) is 19.6 Å². The average Bonchev–Trinajstić information content (AvgIpc) is 2.47. The number of likely N-dealkylation sites (tertiary alicyclic amines) is 1. The van der Waals surface area contributed by atoms with Crippen LogP contribution in [0.5, 0.6) is 0 Å². The van der Waals surface area contributed by atoms with Gasteiger partial charge in [0.15, 0.2) is 0 Å². The molecule has 2 heterocycles. The Morgan fingerprint density at radius 3 is 3.05 bits per heavy atom. The van der Waals surface area contributed by atoms with Gasteiger partial charge in [0.25, 0.3) is 5.91 Å². The van der Waals surface area contributed by atoms with Crippen molar-refractivity contribution < 1.29 is 9.59 Å². The van der Waals surface area contributed by atoms with Crippen molar-refractivity contribution in [1.82, 2.24) is 15.2 Å². The van der Waals surface area contributed by atoms with Gasteiger partial charge in [-0.3, -0.25) is 4.79 Å². The number of halogens is 2. The molecule has 0 radical (unpaired) electrons. The largest absolute Gasteiger partial charge is 0.352 e. The van der Waals surface area contributed by atoms with E-state index >= 15 is 0 Å². The number of hydrogen-bond acceptors (Lipinski definition) is 3. The van der Waals surface area contributed by atoms with Crippen molar-refractivity contribution in [2.24, 2.45) is 11.7 Å². The first-order chi connectivity index (χ1) is 9.97. The van der Waals surface area contributed by atoms with E-state index in [9.17, 15) is 9.59 Å². The molecule has 0 saturated carbocycles. The molecule has 1 aliphatic rings. The van der Waals surface area contributed by atoms with Crippen LogP contribution in [0.25, 0.3) is 0 Å². The maximum atomic E-state index is 12.5. The summed E-state index contributed by atoms with van der Waals surface area (Å²) in [5, 5.41) is 2.78. The highest BCUT2D eigenvalue weighted by Gasteiger charge is 2.26. The third-order valence-electron chi connectivity index (χ3n) is 3.41. The molecule has 0 aromatic carbocycles. The molecule has 0 aliphatic carbocycles. The van der Waals surface area contributed by atoms with Crippen molar-refractivity contribution in [1.29, 1.82) is 0 Å². The minimum Gasteiger partial charge on any atom is -0.352 e. The van der Waals surface area contributed by atoms with E-state index in [1.54, 1.807) is 17.2 Å². The van der Waals surface area contributed by atoms with Crippen molar-refractivity contribution in [3.8, 4) is 0 Å². The lowest BCUT2D eigenvalue weighted by molar-refractivity contribution is 0.0675. The Morgan fingerprint density at radius 1 is 1.57 bits per heavy atom. The summed E-state index contributed by atoms with van der Waals surface area (Å²) in [6.45, 7) is 1.72. The molecule has 0 spiro atoms. The number of amides is 3. The summed E-state index contributed by atoms with van der Waals surface area (Å²) in [4.78, 5) is 29.0. The van der Waals surface area contributed by atoms with E-state index in [2.05, 4.69) is 26.2 Å². The standard InChI is InChI=1S/C13H16BrClN4O2/c14-9-4-10(11(15)17-6-9)12(20)19-3-1-2-8(7-19)5-18-13(16)21/h4,6,8H,1-3,5,7H2,(H3,16,18,21). The number of aromatic nitrogens is 1. The normalized spacial score (nSPS) is 18.4. The van der Waals surface area contributed by atoms with Gasteiger partial charge in [-0.1, -0.05) is 11.6 Å². The molecule has 1 aliphatic heterocycles. The first-order valence-corrected chi connectivity index (χ1v) is 7.78. The summed E-state index contributed by atoms with van der Waals surface area (Å²) in [6.07, 6.45) is 3.39. The highest BCUT2D eigenvalue weighted by molar-refractivity contribution is 9.10. The molecule has 1 atom stereocenters. The first kappa shape index (κ1) is 16.0. The van der Waals surface area contributed by atoms with Gasteiger partial charge >= 0.3 is 6.03 Å². The predicted octanol–water partition coefficient (Wildman–Crippen LogP) is 2.02. The number of nitrogens with zero attached hydrogens (tertiary/aromatic N) is 2. The Bertz CT molecular complexity index is 555. The molecule has 1 fully saturated rings. The number of carbonyl (C=O) groups excluding carboxylic acids is 2. The SMILES string of the molecule is NC(=O)NCC1CCCN(C(=O)c2cc(Br)cnc2Cl)C1. The quantitative estimate of drug-likeness (QED) is 0.792. The van der Waals surface area contributed by atoms with Crippen LogP contribution in [-0.4, -0.2) is 41.5 Å². The number of hydrogen-bond donors (Lipinski definition) is 2. The third-order valence-corrected chi connectivity index (χ3v) is 4.14. The number of pyridine rings is 1.